The van der Waals surface area contributed by atoms with Crippen molar-refractivity contribution in [1.82, 2.24) is 9.47 Å². The lowest BCUT2D eigenvalue weighted by atomic mass is 10.00. The minimum Gasteiger partial charge on any atom is -0.495 e. The van der Waals surface area contributed by atoms with E-state index < -0.39 is 0 Å². The zero-order valence-electron chi connectivity index (χ0n) is 19.8. The average molecular weight is 488 g/mol. The predicted octanol–water partition coefficient (Wildman–Crippen LogP) is 6.59. The Bertz CT molecular complexity index is 1400. The molecule has 1 aliphatic heterocycles. The summed E-state index contributed by atoms with van der Waals surface area (Å²) >= 11 is 6.37. The van der Waals surface area contributed by atoms with Crippen molar-refractivity contribution in [3.63, 3.8) is 0 Å². The number of nitrogens with zero attached hydrogens (tertiary/aromatic N) is 2. The van der Waals surface area contributed by atoms with Gasteiger partial charge in [0.15, 0.2) is 0 Å². The molecule has 35 heavy (non-hydrogen) atoms. The first-order valence-electron chi connectivity index (χ1n) is 11.3. The minimum atomic E-state index is -0.308. The van der Waals surface area contributed by atoms with Gasteiger partial charge in [0.1, 0.15) is 11.5 Å². The topological polar surface area (TPSA) is 55.7 Å². The molecule has 7 heteroatoms. The molecule has 0 radical (unpaired) electrons. The summed E-state index contributed by atoms with van der Waals surface area (Å²) in [6.07, 6.45) is 2.05. The third kappa shape index (κ3) is 4.21. The van der Waals surface area contributed by atoms with E-state index in [2.05, 4.69) is 53.2 Å². The zero-order valence-corrected chi connectivity index (χ0v) is 20.5. The van der Waals surface area contributed by atoms with E-state index in [4.69, 9.17) is 21.1 Å². The van der Waals surface area contributed by atoms with Gasteiger partial charge in [0.25, 0.3) is 0 Å². The van der Waals surface area contributed by atoms with Gasteiger partial charge in [0.05, 0.1) is 43.2 Å². The highest BCUT2D eigenvalue weighted by Crippen LogP contribution is 2.39. The Kier molecular flexibility index (Phi) is 6.14. The standard InChI is InChI=1S/C28H26ClN3O3/c1-18-8-6-10-19(14-18)27-24-12-7-13-31(24)23-11-5-4-9-20(23)17-32(27)28(33)30-22-15-21(29)25(34-2)16-26(22)35-3/h4-16,27H,17H2,1-3H3,(H,30,33)/t27-/m0/s1. The van der Waals surface area contributed by atoms with Gasteiger partial charge in [-0.3, -0.25) is 0 Å². The number of hydrogen-bond donors (Lipinski definition) is 1. The second kappa shape index (κ2) is 9.39. The highest BCUT2D eigenvalue weighted by atomic mass is 35.5. The van der Waals surface area contributed by atoms with Crippen LogP contribution in [0.3, 0.4) is 0 Å². The Morgan fingerprint density at radius 3 is 2.54 bits per heavy atom. The molecule has 3 aromatic carbocycles. The smallest absolute Gasteiger partial charge is 0.323 e. The second-order valence-electron chi connectivity index (χ2n) is 8.49. The number of benzene rings is 3. The first kappa shape index (κ1) is 22.9. The maximum absolute atomic E-state index is 13.9. The molecule has 2 heterocycles. The number of rotatable bonds is 4. The van der Waals surface area contributed by atoms with E-state index in [1.165, 1.54) is 7.11 Å². The van der Waals surface area contributed by atoms with Crippen LogP contribution < -0.4 is 14.8 Å². The number of carbonyl (C=O) groups excluding carboxylic acids is 1. The Balaban J connectivity index is 1.62. The van der Waals surface area contributed by atoms with E-state index in [1.807, 2.05) is 35.4 Å². The number of aryl methyl sites for hydroxylation is 1. The van der Waals surface area contributed by atoms with Crippen LogP contribution in [0.25, 0.3) is 5.69 Å². The lowest BCUT2D eigenvalue weighted by Crippen LogP contribution is -2.38. The molecular formula is C28H26ClN3O3. The number of halogens is 1. The molecule has 1 aliphatic rings. The molecule has 178 valence electrons. The minimum absolute atomic E-state index is 0.263. The summed E-state index contributed by atoms with van der Waals surface area (Å²) in [5.41, 5.74) is 5.76. The van der Waals surface area contributed by atoms with Crippen LogP contribution in [0.1, 0.15) is 28.4 Å². The molecule has 1 atom stereocenters. The third-order valence-electron chi connectivity index (χ3n) is 6.30. The van der Waals surface area contributed by atoms with Crippen LogP contribution in [0.4, 0.5) is 10.5 Å². The van der Waals surface area contributed by atoms with Crippen molar-refractivity contribution in [2.24, 2.45) is 0 Å². The van der Waals surface area contributed by atoms with Gasteiger partial charge in [-0.2, -0.15) is 0 Å². The van der Waals surface area contributed by atoms with E-state index in [9.17, 15) is 4.79 Å². The Morgan fingerprint density at radius 1 is 0.971 bits per heavy atom. The highest BCUT2D eigenvalue weighted by molar-refractivity contribution is 6.32. The molecule has 1 N–H and O–H groups in total. The number of nitrogens with one attached hydrogen (secondary N) is 1. The van der Waals surface area contributed by atoms with Crippen LogP contribution >= 0.6 is 11.6 Å². The number of aromatic nitrogens is 1. The maximum Gasteiger partial charge on any atom is 0.323 e. The van der Waals surface area contributed by atoms with Gasteiger partial charge in [0.2, 0.25) is 0 Å². The van der Waals surface area contributed by atoms with E-state index in [0.29, 0.717) is 28.8 Å². The zero-order chi connectivity index (χ0) is 24.5. The van der Waals surface area contributed by atoms with Crippen molar-refractivity contribution in [3.05, 3.63) is 106 Å². The fourth-order valence-corrected chi connectivity index (χ4v) is 4.92. The number of urea groups is 1. The van der Waals surface area contributed by atoms with Crippen molar-refractivity contribution in [2.45, 2.75) is 19.5 Å². The molecule has 0 unspecified atom stereocenters. The first-order valence-corrected chi connectivity index (χ1v) is 11.7. The molecule has 4 aromatic rings. The van der Waals surface area contributed by atoms with Crippen LogP contribution in [0, 0.1) is 6.92 Å². The number of fused-ring (bicyclic) bond motifs is 3. The second-order valence-corrected chi connectivity index (χ2v) is 8.90. The molecule has 1 aromatic heterocycles. The third-order valence-corrected chi connectivity index (χ3v) is 6.59. The Morgan fingerprint density at radius 2 is 1.77 bits per heavy atom. The van der Waals surface area contributed by atoms with Crippen molar-refractivity contribution in [2.75, 3.05) is 19.5 Å². The van der Waals surface area contributed by atoms with Crippen molar-refractivity contribution >= 4 is 23.3 Å². The monoisotopic (exact) mass is 487 g/mol. The van der Waals surface area contributed by atoms with Gasteiger partial charge in [-0.15, -0.1) is 0 Å². The summed E-state index contributed by atoms with van der Waals surface area (Å²) in [4.78, 5) is 15.8. The van der Waals surface area contributed by atoms with Gasteiger partial charge in [-0.05, 0) is 42.3 Å². The summed E-state index contributed by atoms with van der Waals surface area (Å²) in [6, 6.07) is 23.3. The SMILES string of the molecule is COc1cc(OC)c(NC(=O)N2Cc3ccccc3-n3cccc3[C@@H]2c2cccc(C)c2)cc1Cl. The molecule has 2 amide bonds. The molecule has 0 bridgehead atoms. The van der Waals surface area contributed by atoms with Crippen LogP contribution in [0.2, 0.25) is 5.02 Å². The van der Waals surface area contributed by atoms with E-state index in [0.717, 1.165) is 28.1 Å². The van der Waals surface area contributed by atoms with Crippen LogP contribution in [-0.4, -0.2) is 29.7 Å². The van der Waals surface area contributed by atoms with Gasteiger partial charge in [-0.25, -0.2) is 4.79 Å². The summed E-state index contributed by atoms with van der Waals surface area (Å²) in [6.45, 7) is 2.48. The first-order chi connectivity index (χ1) is 17.0. The summed E-state index contributed by atoms with van der Waals surface area (Å²) in [5, 5.41) is 3.42. The highest BCUT2D eigenvalue weighted by Gasteiger charge is 2.33. The number of hydrogen-bond acceptors (Lipinski definition) is 3. The molecule has 0 aliphatic carbocycles. The maximum atomic E-state index is 13.9. The van der Waals surface area contributed by atoms with Gasteiger partial charge in [0, 0.05) is 18.0 Å². The fourth-order valence-electron chi connectivity index (χ4n) is 4.68. The molecular weight excluding hydrogens is 462 g/mol. The van der Waals surface area contributed by atoms with Gasteiger partial charge in [-0.1, -0.05) is 59.6 Å². The van der Waals surface area contributed by atoms with Crippen molar-refractivity contribution in [1.29, 1.82) is 0 Å². The number of amides is 2. The summed E-state index contributed by atoms with van der Waals surface area (Å²) in [5.74, 6) is 0.936. The van der Waals surface area contributed by atoms with Crippen molar-refractivity contribution < 1.29 is 14.3 Å². The molecule has 0 fully saturated rings. The molecule has 6 nitrogen and oxygen atoms in total. The molecule has 0 saturated heterocycles. The van der Waals surface area contributed by atoms with E-state index in [1.54, 1.807) is 19.2 Å². The van der Waals surface area contributed by atoms with Crippen LogP contribution in [0.15, 0.2) is 79.0 Å². The number of carbonyl (C=O) groups is 1. The quantitative estimate of drug-likeness (QED) is 0.353. The fraction of sp³-hybridized carbons (Fsp3) is 0.179. The lowest BCUT2D eigenvalue weighted by Gasteiger charge is -2.31. The van der Waals surface area contributed by atoms with Crippen LogP contribution in [0.5, 0.6) is 11.5 Å². The molecule has 0 saturated carbocycles. The van der Waals surface area contributed by atoms with Crippen LogP contribution in [-0.2, 0) is 6.54 Å². The number of anilines is 1. The number of para-hydroxylation sites is 1. The van der Waals surface area contributed by atoms with Crippen molar-refractivity contribution in [3.8, 4) is 17.2 Å². The number of ether oxygens (including phenoxy) is 2. The molecule has 0 spiro atoms. The average Bonchev–Trinajstić information content (AvgIpc) is 3.28. The lowest BCUT2D eigenvalue weighted by molar-refractivity contribution is 0.194. The number of methoxy groups -OCH3 is 2. The Labute approximate surface area is 209 Å². The largest absolute Gasteiger partial charge is 0.495 e. The normalized spacial score (nSPS) is 14.5. The van der Waals surface area contributed by atoms with Gasteiger partial charge >= 0.3 is 6.03 Å². The summed E-state index contributed by atoms with van der Waals surface area (Å²) in [7, 11) is 3.08. The van der Waals surface area contributed by atoms with E-state index in [-0.39, 0.29) is 12.1 Å². The predicted molar refractivity (Wildman–Crippen MR) is 138 cm³/mol. The van der Waals surface area contributed by atoms with E-state index >= 15 is 0 Å². The van der Waals surface area contributed by atoms with Gasteiger partial charge < -0.3 is 24.3 Å². The summed E-state index contributed by atoms with van der Waals surface area (Å²) < 4.78 is 13.0. The molecule has 5 rings (SSSR count). The Hall–Kier alpha value is -3.90.